The van der Waals surface area contributed by atoms with Crippen molar-refractivity contribution in [3.8, 4) is 5.75 Å². The smallest absolute Gasteiger partial charge is 0.331 e. The van der Waals surface area contributed by atoms with E-state index in [2.05, 4.69) is 53.9 Å². The second kappa shape index (κ2) is 32.3. The largest absolute Gasteiger partial charge is 0.497 e. The van der Waals surface area contributed by atoms with Crippen LogP contribution in [-0.4, -0.2) is 120 Å². The molecule has 3 heterocycles. The van der Waals surface area contributed by atoms with Gasteiger partial charge < -0.3 is 56.9 Å². The van der Waals surface area contributed by atoms with Crippen molar-refractivity contribution in [3.05, 3.63) is 138 Å². The number of benzene rings is 2. The number of aliphatic carboxylic acids is 1. The molecule has 0 radical (unpaired) electrons. The Morgan fingerprint density at radius 2 is 1.49 bits per heavy atom. The first-order valence-electron chi connectivity index (χ1n) is 29.2. The average molecular weight is 1160 g/mol. The van der Waals surface area contributed by atoms with Crippen LogP contribution in [0.15, 0.2) is 127 Å². The Morgan fingerprint density at radius 3 is 2.13 bits per heavy atom. The van der Waals surface area contributed by atoms with Crippen molar-refractivity contribution in [2.45, 2.75) is 218 Å². The number of hydrogen-bond acceptors (Lipinski definition) is 14. The van der Waals surface area contributed by atoms with E-state index in [4.69, 9.17) is 51.8 Å². The molecule has 82 heavy (non-hydrogen) atoms. The first-order valence-corrected chi connectivity index (χ1v) is 32.1. The SMILES string of the molecule is C=C1CC(C[C@H](CCC(=O)O)OCc2ccc(OC)cc2)O[C@@H](C[C@@H]2CC(=C)C[C@H](/C=C/C(C)(C)[C@]3(OC)O[C@H](C[C@@H](O[Si](C)(C)C(C)(C)C)[C@@H](C)OCOCc4ccccc4)C/C(=C\C(=O)OC)[C@@H]3OC(=O)/C=C/C=C/CCC)O2)C1. The van der Waals surface area contributed by atoms with Gasteiger partial charge in [-0.15, -0.1) is 0 Å². The van der Waals surface area contributed by atoms with E-state index in [9.17, 15) is 19.5 Å². The number of hydrogen-bond donors (Lipinski definition) is 1. The van der Waals surface area contributed by atoms with Crippen molar-refractivity contribution in [3.63, 3.8) is 0 Å². The van der Waals surface area contributed by atoms with Crippen LogP contribution in [-0.2, 0) is 74.7 Å². The molecule has 3 aliphatic rings. The normalized spacial score (nSPS) is 24.7. The van der Waals surface area contributed by atoms with E-state index in [0.29, 0.717) is 70.2 Å². The number of methoxy groups -OCH3 is 3. The molecule has 0 aliphatic carbocycles. The lowest BCUT2D eigenvalue weighted by Crippen LogP contribution is -2.63. The summed E-state index contributed by atoms with van der Waals surface area (Å²) >= 11 is 0. The predicted octanol–water partition coefficient (Wildman–Crippen LogP) is 13.4. The molecule has 0 bridgehead atoms. The number of carbonyl (C=O) groups excluding carboxylic acids is 2. The number of rotatable bonds is 31. The van der Waals surface area contributed by atoms with Gasteiger partial charge in [-0.1, -0.05) is 145 Å². The summed E-state index contributed by atoms with van der Waals surface area (Å²) in [5.74, 6) is -3.13. The molecule has 0 spiro atoms. The molecule has 5 rings (SSSR count). The van der Waals surface area contributed by atoms with E-state index in [1.54, 1.807) is 19.3 Å². The van der Waals surface area contributed by atoms with Gasteiger partial charge in [0.15, 0.2) is 14.4 Å². The third-order valence-electron chi connectivity index (χ3n) is 16.1. The Morgan fingerprint density at radius 1 is 0.817 bits per heavy atom. The van der Waals surface area contributed by atoms with Gasteiger partial charge in [0.1, 0.15) is 12.5 Å². The number of carboxylic acids is 1. The zero-order valence-electron chi connectivity index (χ0n) is 51.1. The Bertz CT molecular complexity index is 2470. The van der Waals surface area contributed by atoms with Crippen LogP contribution in [0.2, 0.25) is 18.1 Å². The van der Waals surface area contributed by atoms with Gasteiger partial charge in [0.2, 0.25) is 5.79 Å². The van der Waals surface area contributed by atoms with Crippen molar-refractivity contribution in [2.24, 2.45) is 5.41 Å². The molecule has 0 aromatic heterocycles. The molecule has 10 atom stereocenters. The van der Waals surface area contributed by atoms with Crippen LogP contribution in [0.4, 0.5) is 0 Å². The highest BCUT2D eigenvalue weighted by Crippen LogP contribution is 2.50. The quantitative estimate of drug-likeness (QED) is 0.0144. The molecule has 3 aliphatic heterocycles. The molecule has 1 unspecified atom stereocenters. The monoisotopic (exact) mass is 1160 g/mol. The second-order valence-corrected chi connectivity index (χ2v) is 28.9. The highest BCUT2D eigenvalue weighted by atomic mass is 28.4. The summed E-state index contributed by atoms with van der Waals surface area (Å²) in [6, 6.07) is 17.5. The number of esters is 2. The van der Waals surface area contributed by atoms with Crippen LogP contribution in [0.25, 0.3) is 0 Å². The summed E-state index contributed by atoms with van der Waals surface area (Å²) in [5, 5.41) is 9.44. The molecule has 0 saturated carbocycles. The van der Waals surface area contributed by atoms with Gasteiger partial charge in [0.05, 0.1) is 76.3 Å². The highest BCUT2D eigenvalue weighted by Gasteiger charge is 2.59. The lowest BCUT2D eigenvalue weighted by molar-refractivity contribution is -0.338. The minimum absolute atomic E-state index is 0.0220. The maximum absolute atomic E-state index is 13.9. The Hall–Kier alpha value is -5.01. The van der Waals surface area contributed by atoms with Crippen LogP contribution < -0.4 is 4.74 Å². The molecule has 16 heteroatoms. The van der Waals surface area contributed by atoms with Gasteiger partial charge >= 0.3 is 17.9 Å². The third-order valence-corrected chi connectivity index (χ3v) is 20.6. The number of carbonyl (C=O) groups is 3. The van der Waals surface area contributed by atoms with Crippen molar-refractivity contribution < 1.29 is 71.3 Å². The van der Waals surface area contributed by atoms with Gasteiger partial charge in [-0.3, -0.25) is 4.79 Å². The van der Waals surface area contributed by atoms with Crippen LogP contribution >= 0.6 is 0 Å². The Balaban J connectivity index is 1.42. The zero-order valence-corrected chi connectivity index (χ0v) is 52.1. The maximum atomic E-state index is 13.9. The highest BCUT2D eigenvalue weighted by molar-refractivity contribution is 6.74. The molecular weight excluding hydrogens is 1060 g/mol. The topological polar surface area (TPSA) is 173 Å². The van der Waals surface area contributed by atoms with Crippen molar-refractivity contribution >= 4 is 26.2 Å². The van der Waals surface area contributed by atoms with E-state index < -0.39 is 67.9 Å². The fourth-order valence-corrected chi connectivity index (χ4v) is 11.9. The lowest BCUT2D eigenvalue weighted by atomic mass is 9.73. The summed E-state index contributed by atoms with van der Waals surface area (Å²) < 4.78 is 70.4. The number of allylic oxidation sites excluding steroid dienone is 3. The maximum Gasteiger partial charge on any atom is 0.331 e. The van der Waals surface area contributed by atoms with Gasteiger partial charge in [-0.2, -0.15) is 0 Å². The van der Waals surface area contributed by atoms with E-state index >= 15 is 0 Å². The van der Waals surface area contributed by atoms with Crippen molar-refractivity contribution in [2.75, 3.05) is 28.1 Å². The average Bonchev–Trinajstić information content (AvgIpc) is 3.26. The summed E-state index contributed by atoms with van der Waals surface area (Å²) in [4.78, 5) is 39.0. The predicted molar refractivity (Wildman–Crippen MR) is 320 cm³/mol. The van der Waals surface area contributed by atoms with Crippen molar-refractivity contribution in [1.82, 2.24) is 0 Å². The van der Waals surface area contributed by atoms with E-state index in [0.717, 1.165) is 40.9 Å². The summed E-state index contributed by atoms with van der Waals surface area (Å²) in [6.45, 7) is 28.5. The van der Waals surface area contributed by atoms with E-state index in [1.165, 1.54) is 26.4 Å². The van der Waals surface area contributed by atoms with Crippen LogP contribution in [0.1, 0.15) is 137 Å². The fraction of sp³-hybridized carbons (Fsp3) is 0.591. The summed E-state index contributed by atoms with van der Waals surface area (Å²) in [7, 11) is 2.01. The first kappa shape index (κ1) is 67.8. The molecule has 0 amide bonds. The number of carboxylic acid groups (broad SMARTS) is 1. The molecule has 2 aromatic rings. The standard InChI is InChI=1S/C66H96O15Si/c1-15-16-17-18-22-25-61(69)79-63-51(39-62(70)72-11)38-58(42-59(81-82(13,14)64(5,6)7)48(4)76-45-74-43-49-23-20-19-21-24-49)80-66(63,73-12)65(8,9)33-32-54-34-46(2)35-56(77-54)41-57-37-47(3)36-55(78-57)40-53(30-31-60(67)68)75-44-50-26-28-52(71-10)29-27-50/h17-29,32-33,39,48,53-59,63H,2-3,15-16,30-31,34-38,40-45H2,1,4-14H3,(H,67,68)/b18-17+,25-22+,33-32+,51-39+/t48-,53+,54+,55?,56+,57-,58+,59-,63+,66-/m1/s1. The molecule has 2 aromatic carbocycles. The number of unbranched alkanes of at least 4 members (excludes halogenated alkanes) is 1. The van der Waals surface area contributed by atoms with E-state index in [-0.39, 0.29) is 49.1 Å². The summed E-state index contributed by atoms with van der Waals surface area (Å²) in [6.07, 6.45) is 14.2. The van der Waals surface area contributed by atoms with Crippen LogP contribution in [0.5, 0.6) is 5.75 Å². The van der Waals surface area contributed by atoms with Gasteiger partial charge in [0.25, 0.3) is 0 Å². The van der Waals surface area contributed by atoms with Gasteiger partial charge in [0, 0.05) is 50.4 Å². The summed E-state index contributed by atoms with van der Waals surface area (Å²) in [5.41, 5.74) is 3.43. The van der Waals surface area contributed by atoms with Crippen LogP contribution in [0, 0.1) is 5.41 Å². The third kappa shape index (κ3) is 20.9. The van der Waals surface area contributed by atoms with Crippen LogP contribution in [0.3, 0.4) is 0 Å². The van der Waals surface area contributed by atoms with Gasteiger partial charge in [-0.05, 0) is 98.8 Å². The molecule has 454 valence electrons. The molecule has 1 N–H and O–H groups in total. The minimum Gasteiger partial charge on any atom is -0.497 e. The van der Waals surface area contributed by atoms with Crippen molar-refractivity contribution in [1.29, 1.82) is 0 Å². The molecule has 3 fully saturated rings. The first-order chi connectivity index (χ1) is 38.9. The van der Waals surface area contributed by atoms with E-state index in [1.807, 2.05) is 93.6 Å². The molecular formula is C66H96O15Si. The number of ether oxygens (including phenoxy) is 10. The lowest BCUT2D eigenvalue weighted by Gasteiger charge is -2.53. The van der Waals surface area contributed by atoms with Gasteiger partial charge in [-0.25, -0.2) is 9.59 Å². The Labute approximate surface area is 490 Å². The molecule has 15 nitrogen and oxygen atoms in total. The second-order valence-electron chi connectivity index (χ2n) is 24.2. The zero-order chi connectivity index (χ0) is 60.1. The minimum atomic E-state index is -2.45. The Kier molecular flexibility index (Phi) is 26.7. The molecule has 3 saturated heterocycles. The fourth-order valence-electron chi connectivity index (χ4n) is 10.5.